The molecule has 1 rings (SSSR count). The summed E-state index contributed by atoms with van der Waals surface area (Å²) in [5.41, 5.74) is 4.17. The van der Waals surface area contributed by atoms with E-state index in [1.165, 1.54) is 6.92 Å². The molecule has 0 aromatic heterocycles. The molecule has 1 unspecified atom stereocenters. The Labute approximate surface area is 87.7 Å². The summed E-state index contributed by atoms with van der Waals surface area (Å²) in [5, 5.41) is 8.96. The van der Waals surface area contributed by atoms with Crippen LogP contribution in [0, 0.1) is 5.41 Å². The van der Waals surface area contributed by atoms with Crippen molar-refractivity contribution in [2.75, 3.05) is 6.54 Å². The Morgan fingerprint density at radius 2 is 1.87 bits per heavy atom. The van der Waals surface area contributed by atoms with Crippen LogP contribution in [0.25, 0.3) is 0 Å². The van der Waals surface area contributed by atoms with Crippen LogP contribution in [0.4, 0.5) is 0 Å². The van der Waals surface area contributed by atoms with Gasteiger partial charge in [0.2, 0.25) is 0 Å². The third kappa shape index (κ3) is 2.05. The minimum absolute atomic E-state index is 0.212. The third-order valence-electron chi connectivity index (χ3n) is 2.42. The van der Waals surface area contributed by atoms with Gasteiger partial charge in [0.1, 0.15) is 5.41 Å². The summed E-state index contributed by atoms with van der Waals surface area (Å²) in [4.78, 5) is 22.8. The van der Waals surface area contributed by atoms with E-state index < -0.39 is 17.2 Å². The molecule has 0 fully saturated rings. The average Bonchev–Trinajstić information content (AvgIpc) is 2.28. The Hall–Kier alpha value is -1.68. The predicted octanol–water partition coefficient (Wildman–Crippen LogP) is 0.919. The second-order valence-corrected chi connectivity index (χ2v) is 3.54. The molecule has 0 saturated heterocycles. The SMILES string of the molecule is CC(CN)(C(=O)O)C(=O)c1ccccc1. The van der Waals surface area contributed by atoms with Gasteiger partial charge in [0.05, 0.1) is 0 Å². The van der Waals surface area contributed by atoms with E-state index in [9.17, 15) is 9.59 Å². The smallest absolute Gasteiger partial charge is 0.318 e. The second-order valence-electron chi connectivity index (χ2n) is 3.54. The Balaban J connectivity index is 3.08. The van der Waals surface area contributed by atoms with Crippen molar-refractivity contribution in [2.24, 2.45) is 11.1 Å². The normalized spacial score (nSPS) is 14.3. The van der Waals surface area contributed by atoms with E-state index in [1.54, 1.807) is 30.3 Å². The van der Waals surface area contributed by atoms with Gasteiger partial charge < -0.3 is 10.8 Å². The molecular formula is C11H13NO3. The fraction of sp³-hybridized carbons (Fsp3) is 0.273. The van der Waals surface area contributed by atoms with E-state index in [-0.39, 0.29) is 6.54 Å². The molecule has 0 aliphatic carbocycles. The standard InChI is InChI=1S/C11H13NO3/c1-11(7-12,10(14)15)9(13)8-5-3-2-4-6-8/h2-6H,7,12H2,1H3,(H,14,15). The summed E-state index contributed by atoms with van der Waals surface area (Å²) in [6.45, 7) is 1.13. The van der Waals surface area contributed by atoms with Crippen molar-refractivity contribution >= 4 is 11.8 Å². The van der Waals surface area contributed by atoms with Crippen molar-refractivity contribution in [3.05, 3.63) is 35.9 Å². The molecule has 0 amide bonds. The van der Waals surface area contributed by atoms with Gasteiger partial charge in [-0.2, -0.15) is 0 Å². The summed E-state index contributed by atoms with van der Waals surface area (Å²) in [7, 11) is 0. The lowest BCUT2D eigenvalue weighted by Gasteiger charge is -2.20. The lowest BCUT2D eigenvalue weighted by molar-refractivity contribution is -0.144. The Morgan fingerprint density at radius 3 is 2.27 bits per heavy atom. The molecule has 1 atom stereocenters. The molecule has 0 saturated carbocycles. The second kappa shape index (κ2) is 4.23. The maximum atomic E-state index is 11.9. The predicted molar refractivity (Wildman–Crippen MR) is 55.6 cm³/mol. The van der Waals surface area contributed by atoms with Crippen LogP contribution in [0.1, 0.15) is 17.3 Å². The van der Waals surface area contributed by atoms with E-state index in [1.807, 2.05) is 0 Å². The van der Waals surface area contributed by atoms with Gasteiger partial charge in [0.15, 0.2) is 5.78 Å². The van der Waals surface area contributed by atoms with Gasteiger partial charge in [0.25, 0.3) is 0 Å². The molecule has 4 heteroatoms. The van der Waals surface area contributed by atoms with Crippen LogP contribution in [0.3, 0.4) is 0 Å². The number of carbonyl (C=O) groups is 2. The summed E-state index contributed by atoms with van der Waals surface area (Å²) in [6.07, 6.45) is 0. The van der Waals surface area contributed by atoms with Gasteiger partial charge in [-0.05, 0) is 6.92 Å². The van der Waals surface area contributed by atoms with E-state index in [2.05, 4.69) is 0 Å². The number of nitrogens with two attached hydrogens (primary N) is 1. The van der Waals surface area contributed by atoms with Crippen LogP contribution in [-0.2, 0) is 4.79 Å². The van der Waals surface area contributed by atoms with Gasteiger partial charge in [-0.25, -0.2) is 0 Å². The van der Waals surface area contributed by atoms with Crippen molar-refractivity contribution in [1.29, 1.82) is 0 Å². The molecule has 0 heterocycles. The van der Waals surface area contributed by atoms with Crippen LogP contribution in [0.5, 0.6) is 0 Å². The minimum Gasteiger partial charge on any atom is -0.480 e. The fourth-order valence-corrected chi connectivity index (χ4v) is 1.19. The number of rotatable bonds is 4. The van der Waals surface area contributed by atoms with Gasteiger partial charge >= 0.3 is 5.97 Å². The Morgan fingerprint density at radius 1 is 1.33 bits per heavy atom. The van der Waals surface area contributed by atoms with Crippen molar-refractivity contribution in [2.45, 2.75) is 6.92 Å². The Kier molecular flexibility index (Phi) is 3.21. The van der Waals surface area contributed by atoms with Gasteiger partial charge in [0, 0.05) is 12.1 Å². The minimum atomic E-state index is -1.54. The van der Waals surface area contributed by atoms with Crippen LogP contribution in [0.2, 0.25) is 0 Å². The fourth-order valence-electron chi connectivity index (χ4n) is 1.19. The molecule has 0 aliphatic heterocycles. The topological polar surface area (TPSA) is 80.4 Å². The Bertz CT molecular complexity index is 375. The highest BCUT2D eigenvalue weighted by molar-refractivity contribution is 6.11. The first-order valence-corrected chi connectivity index (χ1v) is 4.55. The molecule has 3 N–H and O–H groups in total. The van der Waals surface area contributed by atoms with E-state index in [4.69, 9.17) is 10.8 Å². The first kappa shape index (κ1) is 11.4. The quantitative estimate of drug-likeness (QED) is 0.568. The van der Waals surface area contributed by atoms with Crippen LogP contribution < -0.4 is 5.73 Å². The lowest BCUT2D eigenvalue weighted by Crippen LogP contribution is -2.43. The summed E-state index contributed by atoms with van der Waals surface area (Å²) >= 11 is 0. The maximum absolute atomic E-state index is 11.9. The molecule has 1 aromatic rings. The van der Waals surface area contributed by atoms with Crippen molar-refractivity contribution in [1.82, 2.24) is 0 Å². The zero-order chi connectivity index (χ0) is 11.5. The van der Waals surface area contributed by atoms with Gasteiger partial charge in [-0.3, -0.25) is 9.59 Å². The summed E-state index contributed by atoms with van der Waals surface area (Å²) in [5.74, 6) is -1.66. The van der Waals surface area contributed by atoms with Crippen LogP contribution in [-0.4, -0.2) is 23.4 Å². The highest BCUT2D eigenvalue weighted by atomic mass is 16.4. The van der Waals surface area contributed by atoms with Gasteiger partial charge in [-0.1, -0.05) is 30.3 Å². The van der Waals surface area contributed by atoms with Crippen LogP contribution in [0.15, 0.2) is 30.3 Å². The molecule has 1 aromatic carbocycles. The highest BCUT2D eigenvalue weighted by Crippen LogP contribution is 2.21. The maximum Gasteiger partial charge on any atom is 0.318 e. The van der Waals surface area contributed by atoms with Crippen molar-refractivity contribution < 1.29 is 14.7 Å². The number of Topliss-reactive ketones (excluding diaryl/α,β-unsaturated/α-hetero) is 1. The molecule has 0 bridgehead atoms. The average molecular weight is 207 g/mol. The zero-order valence-electron chi connectivity index (χ0n) is 8.43. The van der Waals surface area contributed by atoms with Gasteiger partial charge in [-0.15, -0.1) is 0 Å². The highest BCUT2D eigenvalue weighted by Gasteiger charge is 2.40. The third-order valence-corrected chi connectivity index (χ3v) is 2.42. The zero-order valence-corrected chi connectivity index (χ0v) is 8.43. The van der Waals surface area contributed by atoms with Crippen molar-refractivity contribution in [3.63, 3.8) is 0 Å². The first-order chi connectivity index (χ1) is 7.02. The van der Waals surface area contributed by atoms with Crippen molar-refractivity contribution in [3.8, 4) is 0 Å². The molecular weight excluding hydrogens is 194 g/mol. The van der Waals surface area contributed by atoms with E-state index in [0.717, 1.165) is 0 Å². The number of carboxylic acid groups (broad SMARTS) is 1. The largest absolute Gasteiger partial charge is 0.480 e. The number of carbonyl (C=O) groups excluding carboxylic acids is 1. The van der Waals surface area contributed by atoms with E-state index >= 15 is 0 Å². The molecule has 15 heavy (non-hydrogen) atoms. The van der Waals surface area contributed by atoms with E-state index in [0.29, 0.717) is 5.56 Å². The number of hydrogen-bond acceptors (Lipinski definition) is 3. The molecule has 0 spiro atoms. The molecule has 0 radical (unpaired) electrons. The molecule has 0 aliphatic rings. The summed E-state index contributed by atoms with van der Waals surface area (Å²) in [6, 6.07) is 8.30. The number of aliphatic carboxylic acids is 1. The molecule has 80 valence electrons. The summed E-state index contributed by atoms with van der Waals surface area (Å²) < 4.78 is 0. The van der Waals surface area contributed by atoms with Crippen LogP contribution >= 0.6 is 0 Å². The lowest BCUT2D eigenvalue weighted by atomic mass is 9.82. The number of benzene rings is 1. The first-order valence-electron chi connectivity index (χ1n) is 4.55. The number of hydrogen-bond donors (Lipinski definition) is 2. The monoisotopic (exact) mass is 207 g/mol. The number of ketones is 1. The number of carboxylic acids is 1. The molecule has 4 nitrogen and oxygen atoms in total.